The summed E-state index contributed by atoms with van der Waals surface area (Å²) in [5.41, 5.74) is 0.583. The predicted octanol–water partition coefficient (Wildman–Crippen LogP) is -0.306. The highest BCUT2D eigenvalue weighted by Crippen LogP contribution is 2.10. The van der Waals surface area contributed by atoms with Crippen molar-refractivity contribution < 1.29 is 5.11 Å². The SMILES string of the molecule is CCN(C)c1c(C)n(C)c(=O)n(CCCO)c1=O. The van der Waals surface area contributed by atoms with Crippen LogP contribution in [0.2, 0.25) is 0 Å². The van der Waals surface area contributed by atoms with E-state index in [9.17, 15) is 9.59 Å². The summed E-state index contributed by atoms with van der Waals surface area (Å²) in [5.74, 6) is 0. The average molecular weight is 255 g/mol. The second kappa shape index (κ2) is 5.86. The molecule has 0 atom stereocenters. The molecule has 0 bridgehead atoms. The Morgan fingerprint density at radius 2 is 1.94 bits per heavy atom. The molecule has 102 valence electrons. The highest BCUT2D eigenvalue weighted by atomic mass is 16.3. The molecule has 0 radical (unpaired) electrons. The number of anilines is 1. The van der Waals surface area contributed by atoms with Crippen LogP contribution in [0.1, 0.15) is 19.0 Å². The molecule has 1 heterocycles. The number of hydrogen-bond acceptors (Lipinski definition) is 4. The van der Waals surface area contributed by atoms with Gasteiger partial charge in [0.25, 0.3) is 5.56 Å². The Morgan fingerprint density at radius 1 is 1.33 bits per heavy atom. The monoisotopic (exact) mass is 255 g/mol. The fourth-order valence-electron chi connectivity index (χ4n) is 1.88. The molecule has 0 aliphatic rings. The summed E-state index contributed by atoms with van der Waals surface area (Å²) in [4.78, 5) is 26.1. The Morgan fingerprint density at radius 3 is 2.44 bits per heavy atom. The minimum Gasteiger partial charge on any atom is -0.396 e. The van der Waals surface area contributed by atoms with E-state index in [1.54, 1.807) is 14.0 Å². The number of nitrogens with zero attached hydrogens (tertiary/aromatic N) is 3. The molecule has 0 spiro atoms. The molecule has 6 heteroatoms. The maximum absolute atomic E-state index is 12.3. The molecule has 0 amide bonds. The Bertz CT molecular complexity index is 531. The molecule has 0 unspecified atom stereocenters. The second-order valence-corrected chi connectivity index (χ2v) is 4.32. The lowest BCUT2D eigenvalue weighted by Gasteiger charge is -2.21. The Hall–Kier alpha value is -1.56. The van der Waals surface area contributed by atoms with Gasteiger partial charge in [-0.1, -0.05) is 0 Å². The van der Waals surface area contributed by atoms with Crippen molar-refractivity contribution in [3.05, 3.63) is 26.5 Å². The van der Waals surface area contributed by atoms with Gasteiger partial charge in [-0.2, -0.15) is 0 Å². The third kappa shape index (κ3) is 2.48. The van der Waals surface area contributed by atoms with Gasteiger partial charge < -0.3 is 10.0 Å². The molecule has 0 aromatic carbocycles. The summed E-state index contributed by atoms with van der Waals surface area (Å²) < 4.78 is 2.66. The van der Waals surface area contributed by atoms with E-state index < -0.39 is 0 Å². The molecule has 0 aliphatic carbocycles. The van der Waals surface area contributed by atoms with Crippen LogP contribution in [0.4, 0.5) is 5.69 Å². The molecule has 6 nitrogen and oxygen atoms in total. The van der Waals surface area contributed by atoms with Crippen LogP contribution >= 0.6 is 0 Å². The number of aliphatic hydroxyl groups is 1. The van der Waals surface area contributed by atoms with E-state index in [4.69, 9.17) is 5.11 Å². The minimum atomic E-state index is -0.334. The lowest BCUT2D eigenvalue weighted by molar-refractivity contribution is 0.277. The van der Waals surface area contributed by atoms with Gasteiger partial charge in [-0.3, -0.25) is 13.9 Å². The molecule has 18 heavy (non-hydrogen) atoms. The third-order valence-electron chi connectivity index (χ3n) is 3.21. The van der Waals surface area contributed by atoms with Crippen molar-refractivity contribution in [1.82, 2.24) is 9.13 Å². The van der Waals surface area contributed by atoms with Crippen LogP contribution in [0.5, 0.6) is 0 Å². The van der Waals surface area contributed by atoms with Gasteiger partial charge in [-0.15, -0.1) is 0 Å². The number of aromatic nitrogens is 2. The van der Waals surface area contributed by atoms with E-state index in [2.05, 4.69) is 0 Å². The summed E-state index contributed by atoms with van der Waals surface area (Å²) in [5, 5.41) is 8.82. The lowest BCUT2D eigenvalue weighted by Crippen LogP contribution is -2.43. The highest BCUT2D eigenvalue weighted by molar-refractivity contribution is 5.47. The van der Waals surface area contributed by atoms with Gasteiger partial charge in [0.2, 0.25) is 0 Å². The number of aliphatic hydroxyl groups excluding tert-OH is 1. The summed E-state index contributed by atoms with van der Waals surface area (Å²) in [6, 6.07) is 0. The maximum Gasteiger partial charge on any atom is 0.331 e. The van der Waals surface area contributed by atoms with Crippen molar-refractivity contribution in [2.24, 2.45) is 7.05 Å². The van der Waals surface area contributed by atoms with Gasteiger partial charge in [0.1, 0.15) is 5.69 Å². The van der Waals surface area contributed by atoms with Crippen molar-refractivity contribution in [2.45, 2.75) is 26.8 Å². The zero-order chi connectivity index (χ0) is 13.9. The molecule has 1 rings (SSSR count). The van der Waals surface area contributed by atoms with Crippen LogP contribution < -0.4 is 16.1 Å². The van der Waals surface area contributed by atoms with Crippen LogP contribution in [-0.4, -0.2) is 34.4 Å². The largest absolute Gasteiger partial charge is 0.396 e. The van der Waals surface area contributed by atoms with Crippen LogP contribution in [0, 0.1) is 6.92 Å². The van der Waals surface area contributed by atoms with E-state index in [1.165, 1.54) is 9.13 Å². The quantitative estimate of drug-likeness (QED) is 0.784. The first kappa shape index (κ1) is 14.5. The molecule has 0 saturated carbocycles. The molecule has 0 saturated heterocycles. The first-order valence-electron chi connectivity index (χ1n) is 6.08. The summed E-state index contributed by atoms with van der Waals surface area (Å²) in [6.07, 6.45) is 0.396. The van der Waals surface area contributed by atoms with Crippen LogP contribution in [0.25, 0.3) is 0 Å². The molecule has 0 aliphatic heterocycles. The molecule has 1 N–H and O–H groups in total. The lowest BCUT2D eigenvalue weighted by atomic mass is 10.3. The molecular formula is C12H21N3O3. The van der Waals surface area contributed by atoms with Crippen molar-refractivity contribution in [1.29, 1.82) is 0 Å². The fourth-order valence-corrected chi connectivity index (χ4v) is 1.88. The first-order valence-corrected chi connectivity index (χ1v) is 6.08. The standard InChI is InChI=1S/C12H21N3O3/c1-5-13(3)10-9(2)14(4)12(18)15(11(10)17)7-6-8-16/h16H,5-8H2,1-4H3. The maximum atomic E-state index is 12.3. The van der Waals surface area contributed by atoms with Crippen molar-refractivity contribution in [2.75, 3.05) is 25.1 Å². The number of hydrogen-bond donors (Lipinski definition) is 1. The molecule has 1 aromatic heterocycles. The number of rotatable bonds is 5. The topological polar surface area (TPSA) is 67.5 Å². The van der Waals surface area contributed by atoms with Crippen LogP contribution in [0.15, 0.2) is 9.59 Å². The summed E-state index contributed by atoms with van der Waals surface area (Å²) in [6.45, 7) is 4.60. The molecule has 1 aromatic rings. The zero-order valence-corrected chi connectivity index (χ0v) is 11.4. The predicted molar refractivity (Wildman–Crippen MR) is 71.3 cm³/mol. The van der Waals surface area contributed by atoms with Crippen molar-refractivity contribution in [3.63, 3.8) is 0 Å². The van der Waals surface area contributed by atoms with Crippen molar-refractivity contribution in [3.8, 4) is 0 Å². The normalized spacial score (nSPS) is 10.7. The average Bonchev–Trinajstić information content (AvgIpc) is 2.36. The van der Waals surface area contributed by atoms with Gasteiger partial charge in [0.15, 0.2) is 0 Å². The second-order valence-electron chi connectivity index (χ2n) is 4.32. The summed E-state index contributed by atoms with van der Waals surface area (Å²) >= 11 is 0. The van der Waals surface area contributed by atoms with Gasteiger partial charge in [-0.05, 0) is 20.3 Å². The fraction of sp³-hybridized carbons (Fsp3) is 0.667. The van der Waals surface area contributed by atoms with Gasteiger partial charge >= 0.3 is 5.69 Å². The van der Waals surface area contributed by atoms with Gasteiger partial charge in [0, 0.05) is 39.5 Å². The highest BCUT2D eigenvalue weighted by Gasteiger charge is 2.16. The Balaban J connectivity index is 3.50. The van der Waals surface area contributed by atoms with E-state index >= 15 is 0 Å². The van der Waals surface area contributed by atoms with Crippen LogP contribution in [-0.2, 0) is 13.6 Å². The van der Waals surface area contributed by atoms with E-state index in [-0.39, 0.29) is 24.4 Å². The van der Waals surface area contributed by atoms with Gasteiger partial charge in [-0.25, -0.2) is 4.79 Å². The van der Waals surface area contributed by atoms with E-state index in [0.29, 0.717) is 24.3 Å². The Kier molecular flexibility index (Phi) is 4.72. The van der Waals surface area contributed by atoms with Gasteiger partial charge in [0.05, 0.1) is 0 Å². The van der Waals surface area contributed by atoms with E-state index in [0.717, 1.165) is 0 Å². The molecular weight excluding hydrogens is 234 g/mol. The minimum absolute atomic E-state index is 0.0393. The first-order chi connectivity index (χ1) is 8.45. The van der Waals surface area contributed by atoms with E-state index in [1.807, 2.05) is 18.9 Å². The smallest absolute Gasteiger partial charge is 0.331 e. The Labute approximate surface area is 106 Å². The molecule has 0 fully saturated rings. The summed E-state index contributed by atoms with van der Waals surface area (Å²) in [7, 11) is 3.48. The van der Waals surface area contributed by atoms with Crippen molar-refractivity contribution >= 4 is 5.69 Å². The zero-order valence-electron chi connectivity index (χ0n) is 11.4. The van der Waals surface area contributed by atoms with Crippen LogP contribution in [0.3, 0.4) is 0 Å². The third-order valence-corrected chi connectivity index (χ3v) is 3.21.